The van der Waals surface area contributed by atoms with Gasteiger partial charge in [-0.05, 0) is 50.8 Å². The third-order valence-corrected chi connectivity index (χ3v) is 6.22. The Balaban J connectivity index is 2.56. The van der Waals surface area contributed by atoms with E-state index in [1.54, 1.807) is 20.8 Å². The molecule has 2 aromatic rings. The van der Waals surface area contributed by atoms with Crippen LogP contribution in [-0.4, -0.2) is 41.7 Å². The number of sulfonamides is 1. The molecule has 0 aliphatic carbocycles. The number of carbonyl (C=O) groups excluding carboxylic acids is 1. The lowest BCUT2D eigenvalue weighted by molar-refractivity contribution is -0.117. The summed E-state index contributed by atoms with van der Waals surface area (Å²) in [5.41, 5.74) is 0.162. The van der Waals surface area contributed by atoms with Crippen molar-refractivity contribution in [3.8, 4) is 11.6 Å². The maximum absolute atomic E-state index is 13.1. The predicted molar refractivity (Wildman–Crippen MR) is 129 cm³/mol. The van der Waals surface area contributed by atoms with Gasteiger partial charge in [0.15, 0.2) is 5.69 Å². The van der Waals surface area contributed by atoms with Gasteiger partial charge >= 0.3 is 5.97 Å². The summed E-state index contributed by atoms with van der Waals surface area (Å²) in [6.45, 7) is 13.0. The van der Waals surface area contributed by atoms with Crippen LogP contribution in [0.1, 0.15) is 76.5 Å². The second kappa shape index (κ2) is 10.6. The van der Waals surface area contributed by atoms with Gasteiger partial charge in [-0.1, -0.05) is 27.7 Å². The Bertz CT molecular complexity index is 1160. The number of carboxylic acid groups (broad SMARTS) is 1. The normalized spacial score (nSPS) is 12.1. The van der Waals surface area contributed by atoms with Crippen LogP contribution in [0.3, 0.4) is 0 Å². The summed E-state index contributed by atoms with van der Waals surface area (Å²) >= 11 is 0. The van der Waals surface area contributed by atoms with Gasteiger partial charge < -0.3 is 15.2 Å². The van der Waals surface area contributed by atoms with E-state index in [2.05, 4.69) is 15.1 Å². The lowest BCUT2D eigenvalue weighted by Gasteiger charge is -2.19. The molecule has 0 atom stereocenters. The topological polar surface area (TPSA) is 140 Å². The molecule has 188 valence electrons. The molecule has 0 aliphatic heterocycles. The van der Waals surface area contributed by atoms with E-state index in [1.165, 1.54) is 22.9 Å². The van der Waals surface area contributed by atoms with Crippen LogP contribution in [-0.2, 0) is 14.8 Å². The Labute approximate surface area is 200 Å². The lowest BCUT2D eigenvalue weighted by Crippen LogP contribution is -2.25. The second-order valence-corrected chi connectivity index (χ2v) is 11.3. The maximum atomic E-state index is 13.1. The van der Waals surface area contributed by atoms with Crippen LogP contribution in [0.2, 0.25) is 0 Å². The number of nitrogens with one attached hydrogen (secondary N) is 2. The van der Waals surface area contributed by atoms with Crippen LogP contribution >= 0.6 is 0 Å². The van der Waals surface area contributed by atoms with Crippen LogP contribution in [0.25, 0.3) is 0 Å². The van der Waals surface area contributed by atoms with Gasteiger partial charge in [0, 0.05) is 24.2 Å². The smallest absolute Gasteiger partial charge is 0.356 e. The van der Waals surface area contributed by atoms with Gasteiger partial charge in [0.1, 0.15) is 10.6 Å². The summed E-state index contributed by atoms with van der Waals surface area (Å²) in [5.74, 6) is -1.34. The molecule has 0 bridgehead atoms. The SMILES string of the molecule is CCCNS(=O)(=O)c1cc(NC(=O)CC(C)(C)C)ccc1Oc1c(C)c(C(=O)O)nn1C(C)C. The molecule has 34 heavy (non-hydrogen) atoms. The van der Waals surface area contributed by atoms with Gasteiger partial charge in [0.25, 0.3) is 0 Å². The Kier molecular flexibility index (Phi) is 8.49. The number of aromatic carboxylic acids is 1. The number of hydrogen-bond acceptors (Lipinski definition) is 6. The van der Waals surface area contributed by atoms with Gasteiger partial charge in [-0.25, -0.2) is 22.6 Å². The molecule has 1 heterocycles. The van der Waals surface area contributed by atoms with Crippen LogP contribution in [0.4, 0.5) is 5.69 Å². The van der Waals surface area contributed by atoms with E-state index in [1.807, 2.05) is 27.7 Å². The molecular formula is C23H34N4O6S. The fourth-order valence-electron chi connectivity index (χ4n) is 3.16. The Morgan fingerprint density at radius 1 is 1.24 bits per heavy atom. The minimum Gasteiger partial charge on any atom is -0.476 e. The highest BCUT2D eigenvalue weighted by Gasteiger charge is 2.26. The molecule has 0 radical (unpaired) electrons. The zero-order valence-corrected chi connectivity index (χ0v) is 21.5. The van der Waals surface area contributed by atoms with E-state index >= 15 is 0 Å². The van der Waals surface area contributed by atoms with Crippen LogP contribution in [0, 0.1) is 12.3 Å². The van der Waals surface area contributed by atoms with Crippen molar-refractivity contribution in [1.82, 2.24) is 14.5 Å². The summed E-state index contributed by atoms with van der Waals surface area (Å²) in [7, 11) is -3.99. The molecule has 0 saturated heterocycles. The number of carbonyl (C=O) groups is 2. The van der Waals surface area contributed by atoms with Crippen LogP contribution in [0.15, 0.2) is 23.1 Å². The second-order valence-electron chi connectivity index (χ2n) is 9.57. The summed E-state index contributed by atoms with van der Waals surface area (Å²) < 4.78 is 36.0. The number of carboxylic acids is 1. The highest BCUT2D eigenvalue weighted by molar-refractivity contribution is 7.89. The molecule has 2 rings (SSSR count). The summed E-state index contributed by atoms with van der Waals surface area (Å²) in [4.78, 5) is 23.8. The number of ether oxygens (including phenoxy) is 1. The highest BCUT2D eigenvalue weighted by atomic mass is 32.2. The van der Waals surface area contributed by atoms with E-state index in [0.29, 0.717) is 12.1 Å². The first-order chi connectivity index (χ1) is 15.7. The molecule has 3 N–H and O–H groups in total. The number of amides is 1. The van der Waals surface area contributed by atoms with Crippen molar-refractivity contribution in [2.24, 2.45) is 5.41 Å². The molecule has 10 nitrogen and oxygen atoms in total. The highest BCUT2D eigenvalue weighted by Crippen LogP contribution is 2.35. The largest absolute Gasteiger partial charge is 0.476 e. The van der Waals surface area contributed by atoms with Crippen molar-refractivity contribution in [2.75, 3.05) is 11.9 Å². The first-order valence-electron chi connectivity index (χ1n) is 11.1. The van der Waals surface area contributed by atoms with Crippen LogP contribution < -0.4 is 14.8 Å². The molecule has 1 aromatic carbocycles. The number of hydrogen-bond donors (Lipinski definition) is 3. The fourth-order valence-corrected chi connectivity index (χ4v) is 4.45. The van der Waals surface area contributed by atoms with Crippen molar-refractivity contribution >= 4 is 27.6 Å². The monoisotopic (exact) mass is 494 g/mol. The minimum absolute atomic E-state index is 0.0146. The molecule has 0 aliphatic rings. The summed E-state index contributed by atoms with van der Waals surface area (Å²) in [6.07, 6.45) is 0.838. The minimum atomic E-state index is -3.99. The number of rotatable bonds is 10. The van der Waals surface area contributed by atoms with Gasteiger partial charge in [-0.3, -0.25) is 4.79 Å². The van der Waals surface area contributed by atoms with Gasteiger partial charge in [-0.15, -0.1) is 0 Å². The van der Waals surface area contributed by atoms with Crippen molar-refractivity contribution in [1.29, 1.82) is 0 Å². The van der Waals surface area contributed by atoms with Gasteiger partial charge in [0.2, 0.25) is 21.8 Å². The predicted octanol–water partition coefficient (Wildman–Crippen LogP) is 4.33. The summed E-state index contributed by atoms with van der Waals surface area (Å²) in [6, 6.07) is 4.07. The maximum Gasteiger partial charge on any atom is 0.356 e. The van der Waals surface area contributed by atoms with E-state index in [0.717, 1.165) is 0 Å². The first-order valence-corrected chi connectivity index (χ1v) is 12.6. The molecule has 11 heteroatoms. The Hall–Kier alpha value is -2.92. The third kappa shape index (κ3) is 6.80. The molecule has 0 unspecified atom stereocenters. The summed E-state index contributed by atoms with van der Waals surface area (Å²) in [5, 5.41) is 16.3. The molecule has 0 saturated carbocycles. The van der Waals surface area contributed by atoms with Crippen molar-refractivity contribution in [2.45, 2.75) is 72.2 Å². The van der Waals surface area contributed by atoms with Crippen molar-refractivity contribution in [3.05, 3.63) is 29.5 Å². The van der Waals surface area contributed by atoms with Crippen LogP contribution in [0.5, 0.6) is 11.6 Å². The molecule has 1 amide bonds. The Morgan fingerprint density at radius 3 is 2.41 bits per heavy atom. The van der Waals surface area contributed by atoms with Gasteiger partial charge in [0.05, 0.1) is 6.04 Å². The van der Waals surface area contributed by atoms with E-state index in [-0.39, 0.29) is 58.1 Å². The van der Waals surface area contributed by atoms with Crippen molar-refractivity contribution < 1.29 is 27.9 Å². The van der Waals surface area contributed by atoms with E-state index in [4.69, 9.17) is 4.74 Å². The van der Waals surface area contributed by atoms with E-state index < -0.39 is 16.0 Å². The molecule has 0 fully saturated rings. The molecule has 1 aromatic heterocycles. The number of aromatic nitrogens is 2. The number of anilines is 1. The van der Waals surface area contributed by atoms with Gasteiger partial charge in [-0.2, -0.15) is 5.10 Å². The first kappa shape index (κ1) is 27.3. The quantitative estimate of drug-likeness (QED) is 0.447. The van der Waals surface area contributed by atoms with Crippen molar-refractivity contribution in [3.63, 3.8) is 0 Å². The molecular weight excluding hydrogens is 460 g/mol. The molecule has 0 spiro atoms. The standard InChI is InChI=1S/C23H34N4O6S/c1-8-11-24-34(31,32)18-12-16(25-19(28)13-23(5,6)7)9-10-17(18)33-21-15(4)20(22(29)30)26-27(21)14(2)3/h9-10,12,14,24H,8,11,13H2,1-7H3,(H,25,28)(H,29,30). The number of nitrogens with zero attached hydrogens (tertiary/aromatic N) is 2. The average molecular weight is 495 g/mol. The Morgan fingerprint density at radius 2 is 1.88 bits per heavy atom. The lowest BCUT2D eigenvalue weighted by atomic mass is 9.92. The van der Waals surface area contributed by atoms with E-state index in [9.17, 15) is 23.1 Å². The zero-order valence-electron chi connectivity index (χ0n) is 20.7. The number of benzene rings is 1. The average Bonchev–Trinajstić information content (AvgIpc) is 3.03. The fraction of sp³-hybridized carbons (Fsp3) is 0.522. The zero-order chi connectivity index (χ0) is 25.8. The third-order valence-electron chi connectivity index (χ3n) is 4.74.